The molecule has 22 heavy (non-hydrogen) atoms. The summed E-state index contributed by atoms with van der Waals surface area (Å²) in [6.07, 6.45) is 1.04. The molecule has 0 radical (unpaired) electrons. The summed E-state index contributed by atoms with van der Waals surface area (Å²) in [5, 5.41) is 21.3. The third-order valence-electron chi connectivity index (χ3n) is 2.67. The third-order valence-corrected chi connectivity index (χ3v) is 3.70. The van der Waals surface area contributed by atoms with E-state index in [0.29, 0.717) is 30.8 Å². The van der Waals surface area contributed by atoms with Gasteiger partial charge in [-0.1, -0.05) is 0 Å². The minimum atomic E-state index is -2.93. The van der Waals surface area contributed by atoms with Crippen LogP contribution in [-0.4, -0.2) is 51.3 Å². The molecule has 0 spiro atoms. The predicted molar refractivity (Wildman–Crippen MR) is 87.1 cm³/mol. The normalized spacial score (nSPS) is 12.0. The molecule has 8 heteroatoms. The highest BCUT2D eigenvalue weighted by atomic mass is 35.5. The minimum absolute atomic E-state index is 0. The maximum atomic E-state index is 10.9. The fourth-order valence-corrected chi connectivity index (χ4v) is 2.27. The summed E-state index contributed by atoms with van der Waals surface area (Å²) in [7, 11) is -2.93. The van der Waals surface area contributed by atoms with Crippen molar-refractivity contribution in [2.24, 2.45) is 0 Å². The van der Waals surface area contributed by atoms with Gasteiger partial charge < -0.3 is 15.2 Å². The number of hydrogen-bond donors (Lipinski definition) is 2. The summed E-state index contributed by atoms with van der Waals surface area (Å²) in [6, 6.07) is 8.64. The van der Waals surface area contributed by atoms with Gasteiger partial charge in [0.25, 0.3) is 0 Å². The number of rotatable bonds is 9. The van der Waals surface area contributed by atoms with Gasteiger partial charge in [-0.05, 0) is 37.2 Å². The predicted octanol–water partition coefficient (Wildman–Crippen LogP) is 0.744. The molecule has 2 N–H and O–H groups in total. The lowest BCUT2D eigenvalue weighted by molar-refractivity contribution is 0.106. The van der Waals surface area contributed by atoms with E-state index < -0.39 is 15.9 Å². The molecule has 0 saturated carbocycles. The molecule has 0 amide bonds. The van der Waals surface area contributed by atoms with Gasteiger partial charge in [-0.3, -0.25) is 0 Å². The zero-order chi connectivity index (χ0) is 15.7. The number of aliphatic hydroxyl groups excluding tert-OH is 1. The van der Waals surface area contributed by atoms with Gasteiger partial charge in [0.15, 0.2) is 0 Å². The fourth-order valence-electron chi connectivity index (χ4n) is 1.61. The lowest BCUT2D eigenvalue weighted by Gasteiger charge is -2.13. The van der Waals surface area contributed by atoms with Crippen LogP contribution in [0.5, 0.6) is 5.75 Å². The Bertz CT molecular complexity index is 570. The third kappa shape index (κ3) is 9.58. The Morgan fingerprint density at radius 1 is 1.36 bits per heavy atom. The van der Waals surface area contributed by atoms with Crippen LogP contribution in [0.1, 0.15) is 12.0 Å². The van der Waals surface area contributed by atoms with Crippen LogP contribution in [0.3, 0.4) is 0 Å². The van der Waals surface area contributed by atoms with Crippen molar-refractivity contribution in [2.75, 3.05) is 31.7 Å². The largest absolute Gasteiger partial charge is 0.491 e. The van der Waals surface area contributed by atoms with Gasteiger partial charge >= 0.3 is 0 Å². The van der Waals surface area contributed by atoms with E-state index in [9.17, 15) is 13.5 Å². The van der Waals surface area contributed by atoms with Crippen LogP contribution in [0.2, 0.25) is 0 Å². The number of benzene rings is 1. The van der Waals surface area contributed by atoms with Gasteiger partial charge in [-0.25, -0.2) is 8.42 Å². The van der Waals surface area contributed by atoms with Crippen LogP contribution < -0.4 is 10.1 Å². The lowest BCUT2D eigenvalue weighted by Crippen LogP contribution is -2.32. The van der Waals surface area contributed by atoms with Crippen LogP contribution >= 0.6 is 12.4 Å². The van der Waals surface area contributed by atoms with E-state index in [0.717, 1.165) is 0 Å². The number of nitrogens with one attached hydrogen (secondary N) is 1. The van der Waals surface area contributed by atoms with Gasteiger partial charge in [0.2, 0.25) is 0 Å². The SMILES string of the molecule is CS(=O)(=O)CCCNCC(O)COc1ccc(C#N)cc1.Cl. The van der Waals surface area contributed by atoms with Crippen molar-refractivity contribution < 1.29 is 18.3 Å². The fraction of sp³-hybridized carbons (Fsp3) is 0.500. The number of sulfone groups is 1. The quantitative estimate of drug-likeness (QED) is 0.639. The van der Waals surface area contributed by atoms with Gasteiger partial charge in [0.05, 0.1) is 17.4 Å². The van der Waals surface area contributed by atoms with Crippen molar-refractivity contribution in [1.82, 2.24) is 5.32 Å². The Morgan fingerprint density at radius 2 is 2.00 bits per heavy atom. The number of nitriles is 1. The minimum Gasteiger partial charge on any atom is -0.491 e. The topological polar surface area (TPSA) is 99.4 Å². The van der Waals surface area contributed by atoms with E-state index in [1.165, 1.54) is 6.26 Å². The van der Waals surface area contributed by atoms with Crippen LogP contribution in [0.25, 0.3) is 0 Å². The van der Waals surface area contributed by atoms with E-state index in [1.807, 2.05) is 6.07 Å². The Morgan fingerprint density at radius 3 is 2.55 bits per heavy atom. The van der Waals surface area contributed by atoms with E-state index in [4.69, 9.17) is 10.00 Å². The van der Waals surface area contributed by atoms with Crippen molar-refractivity contribution in [1.29, 1.82) is 5.26 Å². The molecule has 0 saturated heterocycles. The number of ether oxygens (including phenoxy) is 1. The smallest absolute Gasteiger partial charge is 0.147 e. The second kappa shape index (κ2) is 10.4. The van der Waals surface area contributed by atoms with E-state index in [-0.39, 0.29) is 24.8 Å². The van der Waals surface area contributed by atoms with Crippen molar-refractivity contribution >= 4 is 22.2 Å². The first kappa shape index (κ1) is 20.7. The molecule has 1 aromatic carbocycles. The van der Waals surface area contributed by atoms with Gasteiger partial charge in [0, 0.05) is 12.8 Å². The van der Waals surface area contributed by atoms with E-state index in [2.05, 4.69) is 5.32 Å². The molecule has 0 aliphatic rings. The summed E-state index contributed by atoms with van der Waals surface area (Å²) < 4.78 is 27.2. The molecule has 0 aliphatic carbocycles. The molecule has 1 aromatic rings. The second-order valence-corrected chi connectivity index (χ2v) is 7.05. The average molecular weight is 349 g/mol. The van der Waals surface area contributed by atoms with E-state index in [1.54, 1.807) is 24.3 Å². The Balaban J connectivity index is 0.00000441. The van der Waals surface area contributed by atoms with Gasteiger partial charge in [-0.15, -0.1) is 12.4 Å². The molecule has 124 valence electrons. The highest BCUT2D eigenvalue weighted by molar-refractivity contribution is 7.90. The lowest BCUT2D eigenvalue weighted by atomic mass is 10.2. The Kier molecular flexibility index (Phi) is 9.78. The number of nitrogens with zero attached hydrogens (tertiary/aromatic N) is 1. The number of aliphatic hydroxyl groups is 1. The second-order valence-electron chi connectivity index (χ2n) is 4.79. The summed E-state index contributed by atoms with van der Waals surface area (Å²) in [5.41, 5.74) is 0.551. The Labute approximate surface area is 137 Å². The maximum Gasteiger partial charge on any atom is 0.147 e. The van der Waals surface area contributed by atoms with Crippen molar-refractivity contribution in [3.05, 3.63) is 29.8 Å². The highest BCUT2D eigenvalue weighted by Gasteiger charge is 2.06. The average Bonchev–Trinajstić information content (AvgIpc) is 2.44. The first-order valence-electron chi connectivity index (χ1n) is 6.60. The number of halogens is 1. The zero-order valence-corrected chi connectivity index (χ0v) is 14.0. The molecule has 0 fully saturated rings. The standard InChI is InChI=1S/C14H20N2O4S.ClH/c1-21(18,19)8-2-7-16-10-13(17)11-20-14-5-3-12(9-15)4-6-14;/h3-6,13,16-17H,2,7-8,10-11H2,1H3;1H. The van der Waals surface area contributed by atoms with Crippen molar-refractivity contribution in [3.63, 3.8) is 0 Å². The van der Waals surface area contributed by atoms with Crippen molar-refractivity contribution in [2.45, 2.75) is 12.5 Å². The molecule has 1 unspecified atom stereocenters. The molecular weight excluding hydrogens is 328 g/mol. The summed E-state index contributed by atoms with van der Waals surface area (Å²) in [6.45, 7) is 0.992. The molecule has 0 aromatic heterocycles. The number of hydrogen-bond acceptors (Lipinski definition) is 6. The monoisotopic (exact) mass is 348 g/mol. The summed E-state index contributed by atoms with van der Waals surface area (Å²) >= 11 is 0. The molecule has 0 bridgehead atoms. The van der Waals surface area contributed by atoms with E-state index >= 15 is 0 Å². The van der Waals surface area contributed by atoms with Crippen LogP contribution in [-0.2, 0) is 9.84 Å². The molecular formula is C14H21ClN2O4S. The molecule has 1 atom stereocenters. The van der Waals surface area contributed by atoms with Crippen LogP contribution in [0.4, 0.5) is 0 Å². The van der Waals surface area contributed by atoms with Crippen LogP contribution in [0, 0.1) is 11.3 Å². The Hall–Kier alpha value is -1.33. The first-order chi connectivity index (χ1) is 9.90. The van der Waals surface area contributed by atoms with Gasteiger partial charge in [-0.2, -0.15) is 5.26 Å². The molecule has 0 aliphatic heterocycles. The summed E-state index contributed by atoms with van der Waals surface area (Å²) in [5.74, 6) is 0.725. The zero-order valence-electron chi connectivity index (χ0n) is 12.4. The first-order valence-corrected chi connectivity index (χ1v) is 8.66. The van der Waals surface area contributed by atoms with Crippen molar-refractivity contribution in [3.8, 4) is 11.8 Å². The maximum absolute atomic E-state index is 10.9. The molecule has 0 heterocycles. The summed E-state index contributed by atoms with van der Waals surface area (Å²) in [4.78, 5) is 0. The highest BCUT2D eigenvalue weighted by Crippen LogP contribution is 2.11. The molecule has 6 nitrogen and oxygen atoms in total. The van der Waals surface area contributed by atoms with Gasteiger partial charge in [0.1, 0.15) is 28.3 Å². The molecule has 1 rings (SSSR count). The van der Waals surface area contributed by atoms with Crippen LogP contribution in [0.15, 0.2) is 24.3 Å².